The topological polar surface area (TPSA) is 50.2 Å². The van der Waals surface area contributed by atoms with Gasteiger partial charge < -0.3 is 9.47 Å². The molecule has 3 aromatic rings. The molecule has 0 bridgehead atoms. The molecule has 3 aromatic heterocycles. The highest BCUT2D eigenvalue weighted by Crippen LogP contribution is 2.32. The quantitative estimate of drug-likeness (QED) is 0.783. The van der Waals surface area contributed by atoms with Crippen molar-refractivity contribution < 1.29 is 4.79 Å². The van der Waals surface area contributed by atoms with Gasteiger partial charge in [0.2, 0.25) is 0 Å². The summed E-state index contributed by atoms with van der Waals surface area (Å²) >= 11 is 1.52. The minimum absolute atomic E-state index is 0.0752. The minimum atomic E-state index is -0.118. The number of hydrogen-bond acceptors (Lipinski definition) is 3. The van der Waals surface area contributed by atoms with Gasteiger partial charge >= 0.3 is 6.03 Å². The highest BCUT2D eigenvalue weighted by molar-refractivity contribution is 7.14. The van der Waals surface area contributed by atoms with E-state index in [1.165, 1.54) is 11.3 Å². The summed E-state index contributed by atoms with van der Waals surface area (Å²) in [5.74, 6) is 0. The standard InChI is InChI=1S/C17H16N4OS/c22-17(19-15-6-3-11-23-15)21-10-9-20-8-2-5-14(20)16(21)13-4-1-7-18-12-13/h1-8,11-12,16H,9-10H2,(H,19,22)/t16-/m0/s1. The van der Waals surface area contributed by atoms with Crippen molar-refractivity contribution in [3.63, 3.8) is 0 Å². The Bertz CT molecular complexity index is 797. The molecule has 0 aliphatic carbocycles. The third-order valence-electron chi connectivity index (χ3n) is 4.05. The fraction of sp³-hybridized carbons (Fsp3) is 0.176. The van der Waals surface area contributed by atoms with Crippen LogP contribution >= 0.6 is 11.3 Å². The zero-order valence-corrected chi connectivity index (χ0v) is 13.2. The van der Waals surface area contributed by atoms with Crippen LogP contribution in [0.3, 0.4) is 0 Å². The molecular weight excluding hydrogens is 308 g/mol. The van der Waals surface area contributed by atoms with Crippen molar-refractivity contribution in [3.8, 4) is 0 Å². The molecule has 6 heteroatoms. The molecule has 1 N–H and O–H groups in total. The molecule has 0 aromatic carbocycles. The largest absolute Gasteiger partial charge is 0.348 e. The van der Waals surface area contributed by atoms with Crippen LogP contribution < -0.4 is 5.32 Å². The molecule has 116 valence electrons. The van der Waals surface area contributed by atoms with Crippen LogP contribution in [-0.4, -0.2) is 27.0 Å². The van der Waals surface area contributed by atoms with Crippen molar-refractivity contribution >= 4 is 22.4 Å². The first-order valence-corrected chi connectivity index (χ1v) is 8.37. The molecule has 4 heterocycles. The Morgan fingerprint density at radius 3 is 2.96 bits per heavy atom. The average molecular weight is 324 g/mol. The molecule has 0 saturated carbocycles. The van der Waals surface area contributed by atoms with Crippen LogP contribution in [0.2, 0.25) is 0 Å². The molecule has 0 spiro atoms. The summed E-state index contributed by atoms with van der Waals surface area (Å²) in [6, 6.07) is 11.7. The van der Waals surface area contributed by atoms with E-state index in [1.54, 1.807) is 6.20 Å². The summed E-state index contributed by atoms with van der Waals surface area (Å²) in [7, 11) is 0. The molecule has 0 saturated heterocycles. The van der Waals surface area contributed by atoms with Crippen molar-refractivity contribution in [2.24, 2.45) is 0 Å². The van der Waals surface area contributed by atoms with Gasteiger partial charge in [0.1, 0.15) is 6.04 Å². The van der Waals surface area contributed by atoms with E-state index in [0.29, 0.717) is 6.54 Å². The molecule has 5 nitrogen and oxygen atoms in total. The molecule has 0 unspecified atom stereocenters. The van der Waals surface area contributed by atoms with Gasteiger partial charge in [-0.25, -0.2) is 4.79 Å². The number of carbonyl (C=O) groups excluding carboxylic acids is 1. The summed E-state index contributed by atoms with van der Waals surface area (Å²) in [4.78, 5) is 18.9. The predicted molar refractivity (Wildman–Crippen MR) is 90.6 cm³/mol. The van der Waals surface area contributed by atoms with E-state index in [9.17, 15) is 4.79 Å². The number of amides is 2. The van der Waals surface area contributed by atoms with Crippen LogP contribution in [0.1, 0.15) is 17.3 Å². The second-order valence-corrected chi connectivity index (χ2v) is 6.36. The maximum absolute atomic E-state index is 12.8. The van der Waals surface area contributed by atoms with E-state index < -0.39 is 0 Å². The lowest BCUT2D eigenvalue weighted by atomic mass is 10.0. The van der Waals surface area contributed by atoms with Gasteiger partial charge in [0, 0.05) is 37.4 Å². The average Bonchev–Trinajstić information content (AvgIpc) is 3.25. The molecule has 23 heavy (non-hydrogen) atoms. The number of nitrogens with zero attached hydrogens (tertiary/aromatic N) is 3. The smallest absolute Gasteiger partial charge is 0.323 e. The molecule has 1 aliphatic heterocycles. The summed E-state index contributed by atoms with van der Waals surface area (Å²) in [6.07, 6.45) is 5.65. The van der Waals surface area contributed by atoms with Crippen molar-refractivity contribution in [1.82, 2.24) is 14.5 Å². The second kappa shape index (κ2) is 5.89. The SMILES string of the molecule is O=C(Nc1cccs1)N1CCn2cccc2[C@@H]1c1cccnc1. The van der Waals surface area contributed by atoms with E-state index >= 15 is 0 Å². The van der Waals surface area contributed by atoms with Gasteiger partial charge in [-0.2, -0.15) is 0 Å². The van der Waals surface area contributed by atoms with Crippen LogP contribution in [0.5, 0.6) is 0 Å². The van der Waals surface area contributed by atoms with E-state index in [1.807, 2.05) is 46.8 Å². The molecule has 4 rings (SSSR count). The number of urea groups is 1. The number of thiophene rings is 1. The number of fused-ring (bicyclic) bond motifs is 1. The number of pyridine rings is 1. The first-order chi connectivity index (χ1) is 11.3. The van der Waals surface area contributed by atoms with Gasteiger partial charge in [0.25, 0.3) is 0 Å². The number of nitrogens with one attached hydrogen (secondary N) is 1. The number of anilines is 1. The van der Waals surface area contributed by atoms with Crippen LogP contribution in [0.15, 0.2) is 60.4 Å². The fourth-order valence-electron chi connectivity index (χ4n) is 3.02. The molecule has 0 radical (unpaired) electrons. The first kappa shape index (κ1) is 14.0. The van der Waals surface area contributed by atoms with Gasteiger partial charge in [0.15, 0.2) is 0 Å². The Balaban J connectivity index is 1.69. The van der Waals surface area contributed by atoms with Crippen LogP contribution in [0, 0.1) is 0 Å². The molecule has 1 aliphatic rings. The highest BCUT2D eigenvalue weighted by atomic mass is 32.1. The van der Waals surface area contributed by atoms with E-state index in [4.69, 9.17) is 0 Å². The van der Waals surface area contributed by atoms with Gasteiger partial charge in [-0.1, -0.05) is 6.07 Å². The Labute approximate surface area is 138 Å². The van der Waals surface area contributed by atoms with Crippen LogP contribution in [0.4, 0.5) is 9.80 Å². The molecular formula is C17H16N4OS. The Hall–Kier alpha value is -2.60. The predicted octanol–water partition coefficient (Wildman–Crippen LogP) is 3.58. The third-order valence-corrected chi connectivity index (χ3v) is 4.84. The van der Waals surface area contributed by atoms with Gasteiger partial charge in [-0.05, 0) is 41.3 Å². The minimum Gasteiger partial charge on any atom is -0.348 e. The van der Waals surface area contributed by atoms with Gasteiger partial charge in [-0.3, -0.25) is 10.3 Å². The van der Waals surface area contributed by atoms with Crippen LogP contribution in [-0.2, 0) is 6.54 Å². The summed E-state index contributed by atoms with van der Waals surface area (Å²) in [5, 5.41) is 5.81. The lowest BCUT2D eigenvalue weighted by Gasteiger charge is -2.37. The van der Waals surface area contributed by atoms with Crippen LogP contribution in [0.25, 0.3) is 0 Å². The first-order valence-electron chi connectivity index (χ1n) is 7.49. The lowest BCUT2D eigenvalue weighted by molar-refractivity contribution is 0.182. The fourth-order valence-corrected chi connectivity index (χ4v) is 3.62. The number of rotatable bonds is 2. The van der Waals surface area contributed by atoms with Crippen molar-refractivity contribution in [3.05, 3.63) is 71.6 Å². The number of aromatic nitrogens is 2. The lowest BCUT2D eigenvalue weighted by Crippen LogP contribution is -2.44. The summed E-state index contributed by atoms with van der Waals surface area (Å²) in [6.45, 7) is 1.47. The summed E-state index contributed by atoms with van der Waals surface area (Å²) < 4.78 is 2.20. The van der Waals surface area contributed by atoms with Gasteiger partial charge in [0.05, 0.1) is 5.00 Å². The van der Waals surface area contributed by atoms with E-state index in [2.05, 4.69) is 27.1 Å². The third kappa shape index (κ3) is 2.61. The van der Waals surface area contributed by atoms with Crippen molar-refractivity contribution in [2.75, 3.05) is 11.9 Å². The maximum atomic E-state index is 12.8. The van der Waals surface area contributed by atoms with Crippen molar-refractivity contribution in [2.45, 2.75) is 12.6 Å². The summed E-state index contributed by atoms with van der Waals surface area (Å²) in [5.41, 5.74) is 2.14. The zero-order chi connectivity index (χ0) is 15.6. The van der Waals surface area contributed by atoms with Gasteiger partial charge in [-0.15, -0.1) is 11.3 Å². The maximum Gasteiger partial charge on any atom is 0.323 e. The highest BCUT2D eigenvalue weighted by Gasteiger charge is 2.32. The number of carbonyl (C=O) groups is 1. The molecule has 1 atom stereocenters. The van der Waals surface area contributed by atoms with E-state index in [0.717, 1.165) is 22.8 Å². The molecule has 2 amide bonds. The monoisotopic (exact) mass is 324 g/mol. The Morgan fingerprint density at radius 2 is 2.17 bits per heavy atom. The molecule has 0 fully saturated rings. The Kier molecular flexibility index (Phi) is 3.59. The second-order valence-electron chi connectivity index (χ2n) is 5.42. The number of hydrogen-bond donors (Lipinski definition) is 1. The Morgan fingerprint density at radius 1 is 1.22 bits per heavy atom. The zero-order valence-electron chi connectivity index (χ0n) is 12.4. The van der Waals surface area contributed by atoms with Crippen molar-refractivity contribution in [1.29, 1.82) is 0 Å². The normalized spacial score (nSPS) is 16.9. The van der Waals surface area contributed by atoms with E-state index in [-0.39, 0.29) is 12.1 Å².